The number of nitrogens with zero attached hydrogens (tertiary/aromatic N) is 1. The molecule has 0 radical (unpaired) electrons. The average molecular weight is 276 g/mol. The number of imide groups is 1. The fourth-order valence-corrected chi connectivity index (χ4v) is 2.04. The van der Waals surface area contributed by atoms with Gasteiger partial charge in [-0.1, -0.05) is 17.7 Å². The molecule has 1 fully saturated rings. The molecule has 0 aromatic heterocycles. The number of carbonyl (C=O) groups excluding carboxylic acids is 3. The molecule has 6 nitrogen and oxygen atoms in total. The summed E-state index contributed by atoms with van der Waals surface area (Å²) in [6.45, 7) is 4.03. The van der Waals surface area contributed by atoms with Gasteiger partial charge in [-0.15, -0.1) is 0 Å². The smallest absolute Gasteiger partial charge is 0.338 e. The van der Waals surface area contributed by atoms with Crippen LogP contribution in [0.4, 0.5) is 4.79 Å². The van der Waals surface area contributed by atoms with E-state index in [0.717, 1.165) is 16.0 Å². The van der Waals surface area contributed by atoms with Gasteiger partial charge in [-0.05, 0) is 25.5 Å². The maximum Gasteiger partial charge on any atom is 0.338 e. The first-order chi connectivity index (χ1) is 9.49. The minimum Gasteiger partial charge on any atom is -0.452 e. The number of amides is 3. The molecule has 1 N–H and O–H groups in total. The monoisotopic (exact) mass is 276 g/mol. The molecule has 0 atom stereocenters. The molecule has 1 aliphatic rings. The van der Waals surface area contributed by atoms with E-state index in [1.165, 1.54) is 0 Å². The Labute approximate surface area is 116 Å². The van der Waals surface area contributed by atoms with Gasteiger partial charge in [0.05, 0.1) is 5.56 Å². The molecular weight excluding hydrogens is 260 g/mol. The van der Waals surface area contributed by atoms with Crippen molar-refractivity contribution in [1.29, 1.82) is 0 Å². The molecule has 0 saturated carbocycles. The third-order valence-electron chi connectivity index (χ3n) is 3.09. The Morgan fingerprint density at radius 1 is 1.35 bits per heavy atom. The van der Waals surface area contributed by atoms with Gasteiger partial charge in [0.2, 0.25) is 0 Å². The van der Waals surface area contributed by atoms with Gasteiger partial charge >= 0.3 is 12.0 Å². The average Bonchev–Trinajstić information content (AvgIpc) is 2.82. The van der Waals surface area contributed by atoms with E-state index in [-0.39, 0.29) is 0 Å². The van der Waals surface area contributed by atoms with Crippen LogP contribution in [0.3, 0.4) is 0 Å². The number of benzene rings is 1. The molecule has 1 heterocycles. The molecule has 0 aliphatic carbocycles. The van der Waals surface area contributed by atoms with E-state index in [1.54, 1.807) is 19.1 Å². The third-order valence-corrected chi connectivity index (χ3v) is 3.09. The topological polar surface area (TPSA) is 75.7 Å². The van der Waals surface area contributed by atoms with Gasteiger partial charge in [-0.25, -0.2) is 9.59 Å². The summed E-state index contributed by atoms with van der Waals surface area (Å²) < 4.78 is 4.96. The van der Waals surface area contributed by atoms with E-state index >= 15 is 0 Å². The second kappa shape index (κ2) is 5.73. The summed E-state index contributed by atoms with van der Waals surface area (Å²) in [5.74, 6) is -1.08. The first-order valence-corrected chi connectivity index (χ1v) is 6.31. The number of esters is 1. The normalized spacial score (nSPS) is 14.1. The lowest BCUT2D eigenvalue weighted by molar-refractivity contribution is -0.130. The van der Waals surface area contributed by atoms with Crippen molar-refractivity contribution in [3.63, 3.8) is 0 Å². The minimum atomic E-state index is -0.560. The first-order valence-electron chi connectivity index (χ1n) is 6.31. The summed E-state index contributed by atoms with van der Waals surface area (Å²) in [6.07, 6.45) is 0. The number of aryl methyl sites for hydroxylation is 2. The Balaban J connectivity index is 1.95. The zero-order valence-corrected chi connectivity index (χ0v) is 11.4. The highest BCUT2D eigenvalue weighted by atomic mass is 16.5. The highest BCUT2D eigenvalue weighted by Crippen LogP contribution is 2.12. The fourth-order valence-electron chi connectivity index (χ4n) is 2.04. The van der Waals surface area contributed by atoms with Gasteiger partial charge in [-0.3, -0.25) is 9.69 Å². The predicted octanol–water partition coefficient (Wildman–Crippen LogP) is 1.01. The molecule has 1 saturated heterocycles. The number of urea groups is 1. The number of rotatable bonds is 3. The van der Waals surface area contributed by atoms with Gasteiger partial charge in [0.15, 0.2) is 6.61 Å². The van der Waals surface area contributed by atoms with E-state index in [4.69, 9.17) is 4.74 Å². The molecule has 6 heteroatoms. The molecule has 0 spiro atoms. The highest BCUT2D eigenvalue weighted by Gasteiger charge is 2.27. The second-order valence-electron chi connectivity index (χ2n) is 4.67. The zero-order chi connectivity index (χ0) is 14.7. The lowest BCUT2D eigenvalue weighted by Gasteiger charge is -2.12. The third kappa shape index (κ3) is 2.96. The van der Waals surface area contributed by atoms with Crippen LogP contribution >= 0.6 is 0 Å². The Morgan fingerprint density at radius 3 is 2.70 bits per heavy atom. The Morgan fingerprint density at radius 2 is 2.10 bits per heavy atom. The van der Waals surface area contributed by atoms with Crippen LogP contribution in [-0.2, 0) is 9.53 Å². The number of hydrogen-bond donors (Lipinski definition) is 1. The largest absolute Gasteiger partial charge is 0.452 e. The van der Waals surface area contributed by atoms with Crippen molar-refractivity contribution in [3.8, 4) is 0 Å². The molecular formula is C14H16N2O4. The van der Waals surface area contributed by atoms with Crippen molar-refractivity contribution in [2.45, 2.75) is 13.8 Å². The lowest BCUT2D eigenvalue weighted by Crippen LogP contribution is -2.37. The number of ether oxygens (including phenoxy) is 1. The standard InChI is InChI=1S/C14H16N2O4/c1-9-3-4-11(10(2)7-9)13(18)20-8-12(17)16-6-5-15-14(16)19/h3-4,7H,5-6,8H2,1-2H3,(H,15,19). The van der Waals surface area contributed by atoms with Crippen molar-refractivity contribution >= 4 is 17.9 Å². The van der Waals surface area contributed by atoms with E-state index in [1.807, 2.05) is 13.0 Å². The molecule has 1 aromatic rings. The van der Waals surface area contributed by atoms with Crippen LogP contribution in [-0.4, -0.2) is 42.5 Å². The zero-order valence-electron chi connectivity index (χ0n) is 11.4. The van der Waals surface area contributed by atoms with Crippen LogP contribution < -0.4 is 5.32 Å². The quantitative estimate of drug-likeness (QED) is 0.836. The van der Waals surface area contributed by atoms with E-state index in [2.05, 4.69) is 5.32 Å². The van der Waals surface area contributed by atoms with Crippen molar-refractivity contribution in [2.24, 2.45) is 0 Å². The van der Waals surface area contributed by atoms with Gasteiger partial charge in [-0.2, -0.15) is 0 Å². The Hall–Kier alpha value is -2.37. The van der Waals surface area contributed by atoms with Crippen molar-refractivity contribution in [1.82, 2.24) is 10.2 Å². The van der Waals surface area contributed by atoms with Gasteiger partial charge < -0.3 is 10.1 Å². The SMILES string of the molecule is Cc1ccc(C(=O)OCC(=O)N2CCNC2=O)c(C)c1. The first kappa shape index (κ1) is 14.0. The number of nitrogens with one attached hydrogen (secondary N) is 1. The molecule has 1 aromatic carbocycles. The van der Waals surface area contributed by atoms with E-state index < -0.39 is 24.5 Å². The van der Waals surface area contributed by atoms with E-state index in [0.29, 0.717) is 18.7 Å². The molecule has 106 valence electrons. The second-order valence-corrected chi connectivity index (χ2v) is 4.67. The molecule has 20 heavy (non-hydrogen) atoms. The van der Waals surface area contributed by atoms with Gasteiger partial charge in [0, 0.05) is 13.1 Å². The molecule has 0 bridgehead atoms. The minimum absolute atomic E-state index is 0.304. The summed E-state index contributed by atoms with van der Waals surface area (Å²) >= 11 is 0. The van der Waals surface area contributed by atoms with Crippen molar-refractivity contribution < 1.29 is 19.1 Å². The highest BCUT2D eigenvalue weighted by molar-refractivity contribution is 5.98. The Kier molecular flexibility index (Phi) is 4.02. The summed E-state index contributed by atoms with van der Waals surface area (Å²) in [5, 5.41) is 2.51. The maximum atomic E-state index is 11.9. The van der Waals surface area contributed by atoms with Crippen molar-refractivity contribution in [2.75, 3.05) is 19.7 Å². The maximum absolute atomic E-state index is 11.9. The van der Waals surface area contributed by atoms with Crippen LogP contribution in [0.2, 0.25) is 0 Å². The number of hydrogen-bond acceptors (Lipinski definition) is 4. The molecule has 1 aliphatic heterocycles. The van der Waals surface area contributed by atoms with Crippen LogP contribution in [0.15, 0.2) is 18.2 Å². The van der Waals surface area contributed by atoms with E-state index in [9.17, 15) is 14.4 Å². The van der Waals surface area contributed by atoms with Crippen LogP contribution in [0, 0.1) is 13.8 Å². The lowest BCUT2D eigenvalue weighted by atomic mass is 10.1. The number of carbonyl (C=O) groups is 3. The van der Waals surface area contributed by atoms with Crippen LogP contribution in [0.1, 0.15) is 21.5 Å². The van der Waals surface area contributed by atoms with Gasteiger partial charge in [0.25, 0.3) is 5.91 Å². The fraction of sp³-hybridized carbons (Fsp3) is 0.357. The summed E-state index contributed by atoms with van der Waals surface area (Å²) in [6, 6.07) is 4.89. The molecule has 3 amide bonds. The van der Waals surface area contributed by atoms with Crippen molar-refractivity contribution in [3.05, 3.63) is 34.9 Å². The Bertz CT molecular complexity index is 568. The molecule has 2 rings (SSSR count). The summed E-state index contributed by atoms with van der Waals surface area (Å²) in [7, 11) is 0. The van der Waals surface area contributed by atoms with Crippen LogP contribution in [0.5, 0.6) is 0 Å². The van der Waals surface area contributed by atoms with Gasteiger partial charge in [0.1, 0.15) is 0 Å². The summed E-state index contributed by atoms with van der Waals surface area (Å²) in [5.41, 5.74) is 2.26. The molecule has 0 unspecified atom stereocenters. The predicted molar refractivity (Wildman–Crippen MR) is 71.3 cm³/mol. The van der Waals surface area contributed by atoms with Crippen LogP contribution in [0.25, 0.3) is 0 Å². The summed E-state index contributed by atoms with van der Waals surface area (Å²) in [4.78, 5) is 35.9.